The molecule has 3 saturated heterocycles. The number of aliphatic hydroxyl groups is 2. The van der Waals surface area contributed by atoms with Crippen LogP contribution in [0.25, 0.3) is 0 Å². The number of methoxy groups -OCH3 is 1. The van der Waals surface area contributed by atoms with E-state index in [-0.39, 0.29) is 23.8 Å². The third-order valence-electron chi connectivity index (χ3n) is 7.75. The van der Waals surface area contributed by atoms with Gasteiger partial charge in [0, 0.05) is 30.5 Å². The first-order valence-electron chi connectivity index (χ1n) is 10.2. The van der Waals surface area contributed by atoms with E-state index in [1.165, 1.54) is 12.2 Å². The van der Waals surface area contributed by atoms with Gasteiger partial charge < -0.3 is 25.0 Å². The lowest BCUT2D eigenvalue weighted by Gasteiger charge is -2.51. The molecule has 1 aromatic carbocycles. The number of fused-ring (bicyclic) bond motifs is 2. The zero-order chi connectivity index (χ0) is 20.6. The van der Waals surface area contributed by atoms with E-state index in [0.29, 0.717) is 37.4 Å². The third kappa shape index (κ3) is 2.35. The molecule has 4 bridgehead atoms. The van der Waals surface area contributed by atoms with Crippen molar-refractivity contribution in [1.29, 1.82) is 0 Å². The maximum absolute atomic E-state index is 13.7. The monoisotopic (exact) mass is 404 g/mol. The van der Waals surface area contributed by atoms with Crippen molar-refractivity contribution in [2.45, 2.75) is 49.0 Å². The second-order valence-corrected chi connectivity index (χ2v) is 8.82. The van der Waals surface area contributed by atoms with Crippen molar-refractivity contribution in [3.63, 3.8) is 0 Å². The van der Waals surface area contributed by atoms with Gasteiger partial charge in [-0.25, -0.2) is 0 Å². The number of hydrogen-bond acceptors (Lipinski definition) is 7. The van der Waals surface area contributed by atoms with E-state index in [9.17, 15) is 15.0 Å². The maximum atomic E-state index is 13.7. The van der Waals surface area contributed by atoms with Gasteiger partial charge in [0.2, 0.25) is 0 Å². The molecule has 4 fully saturated rings. The van der Waals surface area contributed by atoms with Crippen molar-refractivity contribution in [2.24, 2.45) is 11.8 Å². The summed E-state index contributed by atoms with van der Waals surface area (Å²) < 4.78 is 11.6. The average molecular weight is 404 g/mol. The summed E-state index contributed by atoms with van der Waals surface area (Å²) in [7, 11) is 3.07. The number of anilines is 1. The molecule has 4 heterocycles. The van der Waals surface area contributed by atoms with Gasteiger partial charge in [-0.05, 0) is 31.4 Å². The molecular weight excluding hydrogens is 376 g/mol. The van der Waals surface area contributed by atoms with Crippen LogP contribution in [0.15, 0.2) is 18.2 Å². The van der Waals surface area contributed by atoms with E-state index >= 15 is 0 Å². The van der Waals surface area contributed by atoms with Crippen LogP contribution < -0.4 is 15.1 Å². The number of ether oxygens (including phenoxy) is 2. The number of aliphatic hydroxyl groups excluding tert-OH is 1. The molecule has 5 aliphatic rings. The van der Waals surface area contributed by atoms with Crippen LogP contribution in [0, 0.1) is 11.8 Å². The molecule has 29 heavy (non-hydrogen) atoms. The Balaban J connectivity index is 1.65. The molecule has 1 aliphatic carbocycles. The van der Waals surface area contributed by atoms with Gasteiger partial charge in [0.15, 0.2) is 0 Å². The van der Waals surface area contributed by atoms with Crippen molar-refractivity contribution < 1.29 is 29.3 Å². The number of hydrogen-bond donors (Lipinski definition) is 3. The molecule has 8 nitrogen and oxygen atoms in total. The molecule has 158 valence electrons. The van der Waals surface area contributed by atoms with E-state index < -0.39 is 23.2 Å². The van der Waals surface area contributed by atoms with Crippen molar-refractivity contribution in [1.82, 2.24) is 5.32 Å². The van der Waals surface area contributed by atoms with Gasteiger partial charge in [-0.3, -0.25) is 9.63 Å². The van der Waals surface area contributed by atoms with Gasteiger partial charge in [0.05, 0.1) is 38.7 Å². The normalized spacial score (nSPS) is 41.4. The van der Waals surface area contributed by atoms with Gasteiger partial charge >= 0.3 is 0 Å². The summed E-state index contributed by atoms with van der Waals surface area (Å²) in [5.74, 6) is 0.390. The lowest BCUT2D eigenvalue weighted by Crippen LogP contribution is -2.66. The quantitative estimate of drug-likeness (QED) is 0.668. The molecule has 0 radical (unpaired) electrons. The van der Waals surface area contributed by atoms with Crippen molar-refractivity contribution in [3.8, 4) is 5.75 Å². The van der Waals surface area contributed by atoms with Crippen LogP contribution in [0.1, 0.15) is 25.3 Å². The number of benzene rings is 1. The van der Waals surface area contributed by atoms with Gasteiger partial charge in [0.1, 0.15) is 16.8 Å². The van der Waals surface area contributed by atoms with Crippen LogP contribution in [0.5, 0.6) is 5.75 Å². The molecule has 1 saturated carbocycles. The smallest absolute Gasteiger partial charge is 0.264 e. The number of amides is 1. The SMILES string of the molecule is COc1ccc2c(c1)N(OC)C(=O)[C@@]21C[C@@H]2NC[C@](O)(C(C)O)[C@@H]3C[C@H]1OC[C@H]23. The lowest BCUT2D eigenvalue weighted by atomic mass is 9.67. The first kappa shape index (κ1) is 19.3. The summed E-state index contributed by atoms with van der Waals surface area (Å²) in [5, 5.41) is 26.4. The van der Waals surface area contributed by atoms with Crippen LogP contribution in [0.4, 0.5) is 5.69 Å². The molecule has 0 aromatic heterocycles. The molecule has 1 unspecified atom stereocenters. The van der Waals surface area contributed by atoms with Gasteiger partial charge in [-0.1, -0.05) is 6.07 Å². The maximum Gasteiger partial charge on any atom is 0.264 e. The highest BCUT2D eigenvalue weighted by Crippen LogP contribution is 2.57. The number of nitrogens with zero attached hydrogens (tertiary/aromatic N) is 1. The topological polar surface area (TPSA) is 100 Å². The molecular formula is C21H28N2O6. The highest BCUT2D eigenvalue weighted by atomic mass is 16.7. The summed E-state index contributed by atoms with van der Waals surface area (Å²) in [6.45, 7) is 2.39. The minimum absolute atomic E-state index is 0.00207. The van der Waals surface area contributed by atoms with E-state index in [1.807, 2.05) is 18.2 Å². The molecule has 7 atom stereocenters. The first-order chi connectivity index (χ1) is 13.9. The third-order valence-corrected chi connectivity index (χ3v) is 7.75. The second kappa shape index (κ2) is 6.39. The zero-order valence-electron chi connectivity index (χ0n) is 16.9. The predicted octanol–water partition coefficient (Wildman–Crippen LogP) is 0.350. The Morgan fingerprint density at radius 1 is 1.38 bits per heavy atom. The summed E-state index contributed by atoms with van der Waals surface area (Å²) in [6, 6.07) is 5.60. The number of carbonyl (C=O) groups excluding carboxylic acids is 1. The first-order valence-corrected chi connectivity index (χ1v) is 10.2. The summed E-state index contributed by atoms with van der Waals surface area (Å²) >= 11 is 0. The van der Waals surface area contributed by atoms with Crippen molar-refractivity contribution >= 4 is 11.6 Å². The van der Waals surface area contributed by atoms with Crippen LogP contribution in [-0.4, -0.2) is 67.3 Å². The number of rotatable bonds is 3. The molecule has 1 amide bonds. The van der Waals surface area contributed by atoms with Crippen molar-refractivity contribution in [2.75, 3.05) is 32.4 Å². The fraction of sp³-hybridized carbons (Fsp3) is 0.667. The summed E-state index contributed by atoms with van der Waals surface area (Å²) in [6.07, 6.45) is -0.201. The molecule has 1 aromatic rings. The molecule has 8 heteroatoms. The van der Waals surface area contributed by atoms with E-state index in [4.69, 9.17) is 14.3 Å². The number of β-amino-alcohol motifs (C(OH)–C–C–N with tert-alkyl or cyclic N) is 1. The standard InChI is InChI=1S/C21H28N2O6/c1-11(24)21(26)10-22-16-8-20(18-7-15(21)13(16)9-29-18)14-5-4-12(27-2)6-17(14)23(28-3)19(20)25/h4-6,11,13,15-16,18,22,24,26H,7-10H2,1-3H3/t11?,13-,15+,16-,18+,20-,21-/m0/s1. The molecule has 4 aliphatic heterocycles. The van der Waals surface area contributed by atoms with E-state index in [1.54, 1.807) is 14.0 Å². The fourth-order valence-electron chi connectivity index (χ4n) is 6.15. The Labute approximate surface area is 169 Å². The minimum Gasteiger partial charge on any atom is -0.497 e. The largest absolute Gasteiger partial charge is 0.497 e. The van der Waals surface area contributed by atoms with Crippen LogP contribution in [-0.2, 0) is 19.8 Å². The zero-order valence-corrected chi connectivity index (χ0v) is 16.9. The fourth-order valence-corrected chi connectivity index (χ4v) is 6.15. The molecule has 3 N–H and O–H groups in total. The highest BCUT2D eigenvalue weighted by Gasteiger charge is 2.66. The lowest BCUT2D eigenvalue weighted by molar-refractivity contribution is -0.182. The predicted molar refractivity (Wildman–Crippen MR) is 104 cm³/mol. The summed E-state index contributed by atoms with van der Waals surface area (Å²) in [5.41, 5.74) is -0.597. The second-order valence-electron chi connectivity index (χ2n) is 8.82. The number of carbonyl (C=O) groups is 1. The van der Waals surface area contributed by atoms with E-state index in [0.717, 1.165) is 5.56 Å². The Morgan fingerprint density at radius 3 is 2.86 bits per heavy atom. The minimum atomic E-state index is -1.24. The van der Waals surface area contributed by atoms with E-state index in [2.05, 4.69) is 5.32 Å². The molecule has 1 spiro atoms. The van der Waals surface area contributed by atoms with Gasteiger partial charge in [-0.2, -0.15) is 5.06 Å². The number of piperidine rings is 1. The van der Waals surface area contributed by atoms with Crippen LogP contribution in [0.3, 0.4) is 0 Å². The van der Waals surface area contributed by atoms with Gasteiger partial charge in [0.25, 0.3) is 5.91 Å². The molecule has 6 rings (SSSR count). The Bertz CT molecular complexity index is 846. The van der Waals surface area contributed by atoms with Crippen molar-refractivity contribution in [3.05, 3.63) is 23.8 Å². The average Bonchev–Trinajstić information content (AvgIpc) is 2.82. The summed E-state index contributed by atoms with van der Waals surface area (Å²) in [4.78, 5) is 19.2. The Kier molecular flexibility index (Phi) is 4.25. The van der Waals surface area contributed by atoms with Crippen LogP contribution in [0.2, 0.25) is 0 Å². The Hall–Kier alpha value is -1.71. The van der Waals surface area contributed by atoms with Gasteiger partial charge in [-0.15, -0.1) is 0 Å². The number of nitrogens with one attached hydrogen (secondary N) is 1. The number of hydroxylamine groups is 1. The highest BCUT2D eigenvalue weighted by molar-refractivity contribution is 6.07. The Morgan fingerprint density at radius 2 is 2.17 bits per heavy atom. The van der Waals surface area contributed by atoms with Crippen LogP contribution >= 0.6 is 0 Å².